The van der Waals surface area contributed by atoms with Gasteiger partial charge in [-0.3, -0.25) is 4.79 Å². The number of carbonyl (C=O) groups excluding carboxylic acids is 1. The number of hydrogen-bond acceptors (Lipinski definition) is 3. The van der Waals surface area contributed by atoms with Crippen molar-refractivity contribution in [1.82, 2.24) is 14.3 Å². The van der Waals surface area contributed by atoms with Gasteiger partial charge < -0.3 is 15.0 Å². The van der Waals surface area contributed by atoms with Crippen LogP contribution in [-0.4, -0.2) is 39.3 Å². The van der Waals surface area contributed by atoms with Crippen molar-refractivity contribution in [2.45, 2.75) is 25.3 Å². The van der Waals surface area contributed by atoms with E-state index in [4.69, 9.17) is 17.3 Å². The van der Waals surface area contributed by atoms with E-state index in [2.05, 4.69) is 4.98 Å². The number of carbonyl (C=O) groups is 1. The third-order valence-electron chi connectivity index (χ3n) is 3.69. The molecule has 2 N–H and O–H groups in total. The Morgan fingerprint density at radius 1 is 1.30 bits per heavy atom. The number of rotatable bonds is 1. The first kappa shape index (κ1) is 13.4. The predicted molar refractivity (Wildman–Crippen MR) is 77.9 cm³/mol. The summed E-state index contributed by atoms with van der Waals surface area (Å²) in [5, 5.41) is 0.620. The lowest BCUT2D eigenvalue weighted by molar-refractivity contribution is 0.0756. The molecule has 2 aromatic heterocycles. The molecule has 0 unspecified atom stereocenters. The van der Waals surface area contributed by atoms with Crippen LogP contribution in [0.15, 0.2) is 24.5 Å². The standard InChI is InChI=1S/C14H17ClN4O/c15-10-3-4-13-17-12(9-19(13)8-10)14(20)18-6-1-2-11(16)5-7-18/h3-4,8-9,11H,1-2,5-7,16H2/t11-/m1/s1. The number of fused-ring (bicyclic) bond motifs is 1. The van der Waals surface area contributed by atoms with E-state index in [9.17, 15) is 4.79 Å². The zero-order valence-corrected chi connectivity index (χ0v) is 11.9. The molecule has 6 heteroatoms. The Hall–Kier alpha value is -1.59. The van der Waals surface area contributed by atoms with Crippen molar-refractivity contribution in [3.63, 3.8) is 0 Å². The van der Waals surface area contributed by atoms with Gasteiger partial charge in [0.2, 0.25) is 0 Å². The molecule has 3 heterocycles. The van der Waals surface area contributed by atoms with Gasteiger partial charge in [0.25, 0.3) is 5.91 Å². The molecule has 0 saturated carbocycles. The maximum absolute atomic E-state index is 12.5. The van der Waals surface area contributed by atoms with Crippen molar-refractivity contribution in [2.75, 3.05) is 13.1 Å². The number of imidazole rings is 1. The molecule has 0 aliphatic carbocycles. The third kappa shape index (κ3) is 2.64. The topological polar surface area (TPSA) is 63.6 Å². The fourth-order valence-corrected chi connectivity index (χ4v) is 2.72. The van der Waals surface area contributed by atoms with Crippen LogP contribution in [0.3, 0.4) is 0 Å². The number of aromatic nitrogens is 2. The van der Waals surface area contributed by atoms with Crippen LogP contribution < -0.4 is 5.73 Å². The van der Waals surface area contributed by atoms with Crippen LogP contribution in [-0.2, 0) is 0 Å². The molecule has 2 aromatic rings. The van der Waals surface area contributed by atoms with Crippen molar-refractivity contribution in [1.29, 1.82) is 0 Å². The lowest BCUT2D eigenvalue weighted by Gasteiger charge is -2.18. The van der Waals surface area contributed by atoms with Crippen molar-refractivity contribution >= 4 is 23.2 Å². The summed E-state index contributed by atoms with van der Waals surface area (Å²) in [6.45, 7) is 1.45. The van der Waals surface area contributed by atoms with Crippen LogP contribution in [0.4, 0.5) is 0 Å². The van der Waals surface area contributed by atoms with E-state index in [0.717, 1.165) is 31.5 Å². The van der Waals surface area contributed by atoms with Crippen LogP contribution in [0.2, 0.25) is 5.02 Å². The molecule has 1 aliphatic rings. The maximum Gasteiger partial charge on any atom is 0.274 e. The van der Waals surface area contributed by atoms with Gasteiger partial charge in [0.1, 0.15) is 11.3 Å². The normalized spacial score (nSPS) is 20.1. The lowest BCUT2D eigenvalue weighted by atomic mass is 10.1. The summed E-state index contributed by atoms with van der Waals surface area (Å²) in [5.41, 5.74) is 7.13. The van der Waals surface area contributed by atoms with Crippen LogP contribution in [0.1, 0.15) is 29.8 Å². The molecule has 0 spiro atoms. The second-order valence-electron chi connectivity index (χ2n) is 5.22. The first-order valence-corrected chi connectivity index (χ1v) is 7.20. The van der Waals surface area contributed by atoms with Gasteiger partial charge in [0.15, 0.2) is 0 Å². The summed E-state index contributed by atoms with van der Waals surface area (Å²) in [6.07, 6.45) is 6.26. The van der Waals surface area contributed by atoms with Gasteiger partial charge in [-0.2, -0.15) is 0 Å². The largest absolute Gasteiger partial charge is 0.337 e. The average Bonchev–Trinajstić information content (AvgIpc) is 2.72. The lowest BCUT2D eigenvalue weighted by Crippen LogP contribution is -2.33. The zero-order valence-electron chi connectivity index (χ0n) is 11.1. The quantitative estimate of drug-likeness (QED) is 0.874. The van der Waals surface area contributed by atoms with Crippen molar-refractivity contribution in [3.05, 3.63) is 35.2 Å². The molecule has 1 aliphatic heterocycles. The highest BCUT2D eigenvalue weighted by Gasteiger charge is 2.21. The smallest absolute Gasteiger partial charge is 0.274 e. The number of nitrogens with two attached hydrogens (primary N) is 1. The van der Waals surface area contributed by atoms with Crippen molar-refractivity contribution in [2.24, 2.45) is 5.73 Å². The number of likely N-dealkylation sites (tertiary alicyclic amines) is 1. The summed E-state index contributed by atoms with van der Waals surface area (Å²) in [5.74, 6) is -0.0288. The molecular formula is C14H17ClN4O. The number of amides is 1. The summed E-state index contributed by atoms with van der Waals surface area (Å²) in [7, 11) is 0. The maximum atomic E-state index is 12.5. The molecule has 0 radical (unpaired) electrons. The average molecular weight is 293 g/mol. The number of halogens is 1. The Morgan fingerprint density at radius 3 is 3.00 bits per heavy atom. The first-order valence-electron chi connectivity index (χ1n) is 6.82. The predicted octanol–water partition coefficient (Wildman–Crippen LogP) is 1.94. The summed E-state index contributed by atoms with van der Waals surface area (Å²) in [6, 6.07) is 3.77. The molecule has 20 heavy (non-hydrogen) atoms. The van der Waals surface area contributed by atoms with E-state index >= 15 is 0 Å². The van der Waals surface area contributed by atoms with Gasteiger partial charge >= 0.3 is 0 Å². The van der Waals surface area contributed by atoms with Crippen LogP contribution >= 0.6 is 11.6 Å². The summed E-state index contributed by atoms with van der Waals surface area (Å²) >= 11 is 5.94. The molecule has 1 amide bonds. The molecule has 106 valence electrons. The van der Waals surface area contributed by atoms with E-state index in [0.29, 0.717) is 17.3 Å². The SMILES string of the molecule is N[C@@H]1CCCN(C(=O)c2cn3cc(Cl)ccc3n2)CC1. The molecule has 1 fully saturated rings. The number of pyridine rings is 1. The minimum atomic E-state index is -0.0288. The van der Waals surface area contributed by atoms with E-state index < -0.39 is 0 Å². The van der Waals surface area contributed by atoms with E-state index in [1.54, 1.807) is 28.9 Å². The van der Waals surface area contributed by atoms with E-state index in [-0.39, 0.29) is 11.9 Å². The van der Waals surface area contributed by atoms with Crippen LogP contribution in [0, 0.1) is 0 Å². The van der Waals surface area contributed by atoms with Crippen LogP contribution in [0.25, 0.3) is 5.65 Å². The molecule has 3 rings (SSSR count). The second-order valence-corrected chi connectivity index (χ2v) is 5.66. The minimum Gasteiger partial charge on any atom is -0.337 e. The fraction of sp³-hybridized carbons (Fsp3) is 0.429. The molecule has 0 bridgehead atoms. The Kier molecular flexibility index (Phi) is 3.63. The molecule has 0 aromatic carbocycles. The van der Waals surface area contributed by atoms with Crippen molar-refractivity contribution in [3.8, 4) is 0 Å². The Morgan fingerprint density at radius 2 is 2.15 bits per heavy atom. The zero-order chi connectivity index (χ0) is 14.1. The third-order valence-corrected chi connectivity index (χ3v) is 3.92. The molecule has 1 saturated heterocycles. The van der Waals surface area contributed by atoms with Gasteiger partial charge in [-0.25, -0.2) is 4.98 Å². The van der Waals surface area contributed by atoms with Gasteiger partial charge in [0, 0.05) is 31.5 Å². The fourth-order valence-electron chi connectivity index (χ4n) is 2.55. The van der Waals surface area contributed by atoms with Gasteiger partial charge in [-0.05, 0) is 31.4 Å². The Balaban J connectivity index is 1.84. The van der Waals surface area contributed by atoms with Crippen molar-refractivity contribution < 1.29 is 4.79 Å². The van der Waals surface area contributed by atoms with E-state index in [1.807, 2.05) is 4.90 Å². The highest BCUT2D eigenvalue weighted by molar-refractivity contribution is 6.30. The molecule has 5 nitrogen and oxygen atoms in total. The number of hydrogen-bond donors (Lipinski definition) is 1. The monoisotopic (exact) mass is 292 g/mol. The Labute approximate surface area is 122 Å². The second kappa shape index (κ2) is 5.42. The highest BCUT2D eigenvalue weighted by Crippen LogP contribution is 2.15. The van der Waals surface area contributed by atoms with Gasteiger partial charge in [-0.15, -0.1) is 0 Å². The molecular weight excluding hydrogens is 276 g/mol. The van der Waals surface area contributed by atoms with Gasteiger partial charge in [-0.1, -0.05) is 11.6 Å². The van der Waals surface area contributed by atoms with Gasteiger partial charge in [0.05, 0.1) is 5.02 Å². The van der Waals surface area contributed by atoms with Crippen LogP contribution in [0.5, 0.6) is 0 Å². The minimum absolute atomic E-state index is 0.0288. The summed E-state index contributed by atoms with van der Waals surface area (Å²) in [4.78, 5) is 18.7. The molecule has 1 atom stereocenters. The first-order chi connectivity index (χ1) is 9.63. The van der Waals surface area contributed by atoms with E-state index in [1.165, 1.54) is 0 Å². The Bertz CT molecular complexity index is 639. The number of nitrogens with zero attached hydrogens (tertiary/aromatic N) is 3. The highest BCUT2D eigenvalue weighted by atomic mass is 35.5. The summed E-state index contributed by atoms with van der Waals surface area (Å²) < 4.78 is 1.78.